The van der Waals surface area contributed by atoms with E-state index in [0.717, 1.165) is 0 Å². The Morgan fingerprint density at radius 2 is 1.50 bits per heavy atom. The molecule has 0 bridgehead atoms. The summed E-state index contributed by atoms with van der Waals surface area (Å²) < 4.78 is 0.267. The first-order chi connectivity index (χ1) is 1.73. The summed E-state index contributed by atoms with van der Waals surface area (Å²) in [5, 5.41) is 0. The number of hydrogen-bond acceptors (Lipinski definition) is 2. The average molecular weight is 150 g/mol. The van der Waals surface area contributed by atoms with Gasteiger partial charge in [0.15, 0.2) is 0 Å². The number of rotatable bonds is 0. The maximum atomic E-state index is 4.74. The Balaban J connectivity index is 2.80. The molecule has 0 heterocycles. The summed E-state index contributed by atoms with van der Waals surface area (Å²) in [6.07, 6.45) is 0. The first-order valence-corrected chi connectivity index (χ1v) is 1.51. The molecule has 4 N–H and O–H groups in total. The van der Waals surface area contributed by atoms with Crippen LogP contribution in [0.5, 0.6) is 0 Å². The van der Waals surface area contributed by atoms with E-state index in [2.05, 4.69) is 18.7 Å². The van der Waals surface area contributed by atoms with Gasteiger partial charge in [-0.2, -0.15) is 0 Å². The molecule has 0 rings (SSSR count). The van der Waals surface area contributed by atoms with Crippen LogP contribution in [0.1, 0.15) is 0 Å². The number of hydrogen-bond donors (Lipinski definition) is 2. The molecular weight excluding hydrogens is 146 g/mol. The molecule has 0 aromatic rings. The van der Waals surface area contributed by atoms with Crippen LogP contribution >= 0.6 is 0 Å². The SMILES string of the molecule is N[C](N)=[Pd]. The van der Waals surface area contributed by atoms with Crippen LogP contribution in [0.25, 0.3) is 0 Å². The van der Waals surface area contributed by atoms with Gasteiger partial charge in [-0.3, -0.25) is 0 Å². The summed E-state index contributed by atoms with van der Waals surface area (Å²) in [5.74, 6) is 0. The predicted molar refractivity (Wildman–Crippen MR) is 13.4 cm³/mol. The van der Waals surface area contributed by atoms with Gasteiger partial charge in [0.1, 0.15) is 0 Å². The Morgan fingerprint density at radius 3 is 1.50 bits per heavy atom. The molecule has 2 nitrogen and oxygen atoms in total. The molecule has 0 radical (unpaired) electrons. The minimum atomic E-state index is 0.267. The number of nitrogens with two attached hydrogens (primary N) is 2. The van der Waals surface area contributed by atoms with Crippen LogP contribution in [0.15, 0.2) is 0 Å². The van der Waals surface area contributed by atoms with E-state index in [1.165, 1.54) is 0 Å². The molecule has 0 aliphatic rings. The Hall–Kier alpha value is 0.452. The van der Waals surface area contributed by atoms with Crippen molar-refractivity contribution in [3.8, 4) is 0 Å². The summed E-state index contributed by atoms with van der Waals surface area (Å²) >= 11 is 2.52. The molecule has 0 aliphatic heterocycles. The Kier molecular flexibility index (Phi) is 1.94. The zero-order valence-corrected chi connectivity index (χ0v) is 3.53. The Morgan fingerprint density at radius 1 is 1.50 bits per heavy atom. The molecule has 0 aromatic carbocycles. The van der Waals surface area contributed by atoms with Crippen molar-refractivity contribution in [3.05, 3.63) is 0 Å². The van der Waals surface area contributed by atoms with E-state index in [4.69, 9.17) is 11.5 Å². The van der Waals surface area contributed by atoms with Gasteiger partial charge in [-0.25, -0.2) is 0 Å². The Labute approximate surface area is 35.1 Å². The van der Waals surface area contributed by atoms with Crippen molar-refractivity contribution in [1.29, 1.82) is 0 Å². The van der Waals surface area contributed by atoms with Gasteiger partial charge in [0.2, 0.25) is 0 Å². The van der Waals surface area contributed by atoms with Crippen LogP contribution in [0, 0.1) is 0 Å². The van der Waals surface area contributed by atoms with Gasteiger partial charge in [0.05, 0.1) is 0 Å². The fourth-order valence-electron chi connectivity index (χ4n) is 0. The normalized spacial score (nSPS) is 7.00. The van der Waals surface area contributed by atoms with Gasteiger partial charge >= 0.3 is 34.4 Å². The summed E-state index contributed by atoms with van der Waals surface area (Å²) in [6.45, 7) is 0. The quantitative estimate of drug-likeness (QED) is 0.415. The molecule has 0 unspecified atom stereocenters. The summed E-state index contributed by atoms with van der Waals surface area (Å²) in [6, 6.07) is 0. The zero-order valence-electron chi connectivity index (χ0n) is 1.97. The monoisotopic (exact) mass is 150 g/mol. The molecule has 0 saturated carbocycles. The molecule has 28 valence electrons. The molecule has 0 spiro atoms. The van der Waals surface area contributed by atoms with Crippen molar-refractivity contribution in [2.75, 3.05) is 0 Å². The fourth-order valence-corrected chi connectivity index (χ4v) is 0. The van der Waals surface area contributed by atoms with E-state index in [0.29, 0.717) is 0 Å². The van der Waals surface area contributed by atoms with E-state index in [-0.39, 0.29) is 4.23 Å². The third-order valence-corrected chi connectivity index (χ3v) is 0. The van der Waals surface area contributed by atoms with Gasteiger partial charge in [-0.1, -0.05) is 0 Å². The molecular formula is CH4N2Pd. The van der Waals surface area contributed by atoms with E-state index in [1.54, 1.807) is 0 Å². The van der Waals surface area contributed by atoms with Crippen molar-refractivity contribution in [2.24, 2.45) is 11.5 Å². The van der Waals surface area contributed by atoms with Crippen LogP contribution < -0.4 is 11.5 Å². The molecule has 0 atom stereocenters. The van der Waals surface area contributed by atoms with Crippen molar-refractivity contribution < 1.29 is 18.7 Å². The van der Waals surface area contributed by atoms with Crippen LogP contribution in [-0.2, 0) is 18.7 Å². The van der Waals surface area contributed by atoms with Gasteiger partial charge in [0.25, 0.3) is 0 Å². The molecule has 4 heavy (non-hydrogen) atoms. The van der Waals surface area contributed by atoms with Gasteiger partial charge < -0.3 is 0 Å². The predicted octanol–water partition coefficient (Wildman–Crippen LogP) is -1.46. The Bertz CT molecular complexity index is 29.0. The molecule has 0 amide bonds. The fraction of sp³-hybridized carbons (Fsp3) is 0. The van der Waals surface area contributed by atoms with E-state index < -0.39 is 0 Å². The van der Waals surface area contributed by atoms with Gasteiger partial charge in [0, 0.05) is 0 Å². The molecule has 0 aliphatic carbocycles. The van der Waals surface area contributed by atoms with Crippen molar-refractivity contribution >= 4 is 4.23 Å². The summed E-state index contributed by atoms with van der Waals surface area (Å²) in [4.78, 5) is 0. The van der Waals surface area contributed by atoms with E-state index in [9.17, 15) is 0 Å². The second-order valence-corrected chi connectivity index (χ2v) is 1.25. The van der Waals surface area contributed by atoms with Crippen LogP contribution in [0.3, 0.4) is 0 Å². The van der Waals surface area contributed by atoms with Crippen LogP contribution in [0.4, 0.5) is 0 Å². The van der Waals surface area contributed by atoms with E-state index in [1.807, 2.05) is 0 Å². The third kappa shape index (κ3) is 25.3. The summed E-state index contributed by atoms with van der Waals surface area (Å²) in [7, 11) is 0. The summed E-state index contributed by atoms with van der Waals surface area (Å²) in [5.41, 5.74) is 9.48. The molecule has 0 saturated heterocycles. The van der Waals surface area contributed by atoms with Gasteiger partial charge in [-0.05, 0) is 0 Å². The molecule has 0 fully saturated rings. The standard InChI is InChI=1S/CH4N2.Pd/c2-1-3;/h2-3H2;. The molecule has 0 aromatic heterocycles. The first-order valence-electron chi connectivity index (χ1n) is 0.735. The van der Waals surface area contributed by atoms with Gasteiger partial charge in [-0.15, -0.1) is 0 Å². The van der Waals surface area contributed by atoms with Crippen molar-refractivity contribution in [2.45, 2.75) is 0 Å². The van der Waals surface area contributed by atoms with Crippen LogP contribution in [0.2, 0.25) is 0 Å². The molecule has 3 heteroatoms. The first kappa shape index (κ1) is 4.45. The van der Waals surface area contributed by atoms with E-state index >= 15 is 0 Å². The van der Waals surface area contributed by atoms with Crippen molar-refractivity contribution in [1.82, 2.24) is 0 Å². The topological polar surface area (TPSA) is 52.0 Å². The van der Waals surface area contributed by atoms with Crippen molar-refractivity contribution in [3.63, 3.8) is 0 Å². The average Bonchev–Trinajstić information content (AvgIpc) is 0.811. The van der Waals surface area contributed by atoms with Crippen LogP contribution in [-0.4, -0.2) is 4.23 Å². The third-order valence-electron chi connectivity index (χ3n) is 0. The maximum absolute atomic E-state index is 4.74. The minimum absolute atomic E-state index is 0.267. The second kappa shape index (κ2) is 1.74. The second-order valence-electron chi connectivity index (χ2n) is 0.349. The zero-order chi connectivity index (χ0) is 3.58.